The van der Waals surface area contributed by atoms with Gasteiger partial charge in [0, 0.05) is 31.2 Å². The molecule has 0 radical (unpaired) electrons. The van der Waals surface area contributed by atoms with E-state index in [4.69, 9.17) is 16.3 Å². The molecule has 1 atom stereocenters. The maximum atomic E-state index is 12.2. The monoisotopic (exact) mass is 317 g/mol. The van der Waals surface area contributed by atoms with E-state index in [2.05, 4.69) is 15.6 Å². The van der Waals surface area contributed by atoms with E-state index in [9.17, 15) is 4.79 Å². The van der Waals surface area contributed by atoms with Crippen LogP contribution < -0.4 is 10.6 Å². The molecule has 6 heteroatoms. The van der Waals surface area contributed by atoms with E-state index in [0.717, 1.165) is 18.7 Å². The number of ether oxygens (including phenoxy) is 1. The highest BCUT2D eigenvalue weighted by atomic mass is 35.5. The zero-order valence-electron chi connectivity index (χ0n) is 11.9. The minimum atomic E-state index is -0.276. The van der Waals surface area contributed by atoms with Crippen LogP contribution in [-0.4, -0.2) is 30.6 Å². The van der Waals surface area contributed by atoms with Crippen molar-refractivity contribution in [3.8, 4) is 0 Å². The molecular formula is C16H16ClN3O2. The number of halogens is 1. The molecule has 3 rings (SSSR count). The Morgan fingerprint density at radius 1 is 1.32 bits per heavy atom. The number of morpholine rings is 1. The molecule has 0 aliphatic carbocycles. The van der Waals surface area contributed by atoms with E-state index in [1.165, 1.54) is 6.20 Å². The Morgan fingerprint density at radius 3 is 2.82 bits per heavy atom. The zero-order valence-corrected chi connectivity index (χ0v) is 12.6. The lowest BCUT2D eigenvalue weighted by Crippen LogP contribution is -2.33. The number of nitrogens with zero attached hydrogens (tertiary/aromatic N) is 1. The van der Waals surface area contributed by atoms with Crippen molar-refractivity contribution in [1.82, 2.24) is 10.3 Å². The Morgan fingerprint density at radius 2 is 2.14 bits per heavy atom. The van der Waals surface area contributed by atoms with Crippen LogP contribution in [0.1, 0.15) is 22.0 Å². The number of pyridine rings is 1. The summed E-state index contributed by atoms with van der Waals surface area (Å²) in [5, 5.41) is 6.48. The van der Waals surface area contributed by atoms with Crippen molar-refractivity contribution in [1.29, 1.82) is 0 Å². The van der Waals surface area contributed by atoms with E-state index in [0.29, 0.717) is 22.9 Å². The number of anilines is 1. The van der Waals surface area contributed by atoms with Crippen LogP contribution >= 0.6 is 11.6 Å². The van der Waals surface area contributed by atoms with Crippen LogP contribution in [0.25, 0.3) is 0 Å². The van der Waals surface area contributed by atoms with E-state index >= 15 is 0 Å². The van der Waals surface area contributed by atoms with Gasteiger partial charge in [0.15, 0.2) is 0 Å². The summed E-state index contributed by atoms with van der Waals surface area (Å²) in [4.78, 5) is 16.1. The van der Waals surface area contributed by atoms with Gasteiger partial charge in [0.2, 0.25) is 0 Å². The third-order valence-corrected chi connectivity index (χ3v) is 3.81. The Labute approximate surface area is 133 Å². The molecule has 1 amide bonds. The zero-order chi connectivity index (χ0) is 15.4. The average Bonchev–Trinajstić information content (AvgIpc) is 2.57. The molecular weight excluding hydrogens is 302 g/mol. The second-order valence-corrected chi connectivity index (χ2v) is 5.40. The molecule has 1 unspecified atom stereocenters. The first kappa shape index (κ1) is 15.0. The van der Waals surface area contributed by atoms with Gasteiger partial charge in [-0.3, -0.25) is 9.78 Å². The smallest absolute Gasteiger partial charge is 0.258 e. The first-order valence-corrected chi connectivity index (χ1v) is 7.45. The number of amides is 1. The van der Waals surface area contributed by atoms with Gasteiger partial charge in [0.05, 0.1) is 23.3 Å². The third-order valence-electron chi connectivity index (χ3n) is 3.48. The molecule has 2 aromatic rings. The summed E-state index contributed by atoms with van der Waals surface area (Å²) in [6.45, 7) is 2.40. The molecule has 22 heavy (non-hydrogen) atoms. The summed E-state index contributed by atoms with van der Waals surface area (Å²) in [5.41, 5.74) is 2.15. The number of nitrogens with one attached hydrogen (secondary N) is 2. The molecule has 1 aromatic heterocycles. The topological polar surface area (TPSA) is 63.2 Å². The Hall–Kier alpha value is -1.95. The lowest BCUT2D eigenvalue weighted by molar-refractivity contribution is 0.0277. The standard InChI is InChI=1S/C16H16ClN3O2/c17-14-5-6-18-9-13(14)16(21)20-12-3-1-11(2-4-12)15-10-19-7-8-22-15/h1-6,9,15,19H,7-8,10H2,(H,20,21). The molecule has 1 aliphatic rings. The SMILES string of the molecule is O=C(Nc1ccc(C2CNCCO2)cc1)c1cnccc1Cl. The highest BCUT2D eigenvalue weighted by Gasteiger charge is 2.16. The molecule has 0 saturated carbocycles. The summed E-state index contributed by atoms with van der Waals surface area (Å²) in [6.07, 6.45) is 3.06. The number of rotatable bonds is 3. The Bertz CT molecular complexity index is 655. The van der Waals surface area contributed by atoms with Gasteiger partial charge < -0.3 is 15.4 Å². The maximum absolute atomic E-state index is 12.2. The fourth-order valence-electron chi connectivity index (χ4n) is 2.30. The van der Waals surface area contributed by atoms with Gasteiger partial charge in [-0.1, -0.05) is 23.7 Å². The van der Waals surface area contributed by atoms with Crippen molar-refractivity contribution in [3.05, 3.63) is 58.9 Å². The van der Waals surface area contributed by atoms with Gasteiger partial charge in [-0.05, 0) is 23.8 Å². The number of carbonyl (C=O) groups is 1. The summed E-state index contributed by atoms with van der Waals surface area (Å²) < 4.78 is 5.69. The summed E-state index contributed by atoms with van der Waals surface area (Å²) in [5.74, 6) is -0.276. The van der Waals surface area contributed by atoms with Crippen molar-refractivity contribution < 1.29 is 9.53 Å². The predicted molar refractivity (Wildman–Crippen MR) is 85.2 cm³/mol. The van der Waals surface area contributed by atoms with Crippen LogP contribution in [0.4, 0.5) is 5.69 Å². The summed E-state index contributed by atoms with van der Waals surface area (Å²) in [7, 11) is 0. The lowest BCUT2D eigenvalue weighted by Gasteiger charge is -2.24. The lowest BCUT2D eigenvalue weighted by atomic mass is 10.1. The normalized spacial score (nSPS) is 18.0. The average molecular weight is 318 g/mol. The highest BCUT2D eigenvalue weighted by molar-refractivity contribution is 6.34. The van der Waals surface area contributed by atoms with E-state index < -0.39 is 0 Å². The summed E-state index contributed by atoms with van der Waals surface area (Å²) in [6, 6.07) is 9.22. The molecule has 2 N–H and O–H groups in total. The van der Waals surface area contributed by atoms with Gasteiger partial charge in [0.25, 0.3) is 5.91 Å². The van der Waals surface area contributed by atoms with Crippen LogP contribution in [0, 0.1) is 0 Å². The number of carbonyl (C=O) groups excluding carboxylic acids is 1. The van der Waals surface area contributed by atoms with Crippen molar-refractivity contribution in [2.75, 3.05) is 25.0 Å². The molecule has 1 aromatic carbocycles. The fraction of sp³-hybridized carbons (Fsp3) is 0.250. The largest absolute Gasteiger partial charge is 0.371 e. The minimum absolute atomic E-state index is 0.0614. The van der Waals surface area contributed by atoms with Crippen molar-refractivity contribution in [3.63, 3.8) is 0 Å². The second-order valence-electron chi connectivity index (χ2n) is 5.00. The maximum Gasteiger partial charge on any atom is 0.258 e. The number of benzene rings is 1. The molecule has 0 bridgehead atoms. The first-order valence-electron chi connectivity index (χ1n) is 7.07. The van der Waals surface area contributed by atoms with Crippen LogP contribution in [0.5, 0.6) is 0 Å². The minimum Gasteiger partial charge on any atom is -0.371 e. The predicted octanol–water partition coefficient (Wildman–Crippen LogP) is 2.65. The number of hydrogen-bond acceptors (Lipinski definition) is 4. The Balaban J connectivity index is 1.68. The first-order chi connectivity index (χ1) is 10.7. The highest BCUT2D eigenvalue weighted by Crippen LogP contribution is 2.21. The molecule has 114 valence electrons. The molecule has 1 aliphatic heterocycles. The molecule has 1 fully saturated rings. The molecule has 0 spiro atoms. The van der Waals surface area contributed by atoms with Gasteiger partial charge >= 0.3 is 0 Å². The Kier molecular flexibility index (Phi) is 4.68. The summed E-state index contributed by atoms with van der Waals surface area (Å²) >= 11 is 5.99. The van der Waals surface area contributed by atoms with Crippen molar-refractivity contribution in [2.24, 2.45) is 0 Å². The van der Waals surface area contributed by atoms with Gasteiger partial charge in [-0.2, -0.15) is 0 Å². The van der Waals surface area contributed by atoms with Crippen LogP contribution in [0.15, 0.2) is 42.7 Å². The van der Waals surface area contributed by atoms with Crippen molar-refractivity contribution >= 4 is 23.2 Å². The van der Waals surface area contributed by atoms with E-state index in [1.54, 1.807) is 12.3 Å². The van der Waals surface area contributed by atoms with Crippen molar-refractivity contribution in [2.45, 2.75) is 6.10 Å². The van der Waals surface area contributed by atoms with E-state index in [1.807, 2.05) is 24.3 Å². The van der Waals surface area contributed by atoms with Crippen LogP contribution in [-0.2, 0) is 4.74 Å². The van der Waals surface area contributed by atoms with E-state index in [-0.39, 0.29) is 12.0 Å². The quantitative estimate of drug-likeness (QED) is 0.913. The van der Waals surface area contributed by atoms with Gasteiger partial charge in [0.1, 0.15) is 0 Å². The van der Waals surface area contributed by atoms with Gasteiger partial charge in [-0.25, -0.2) is 0 Å². The third kappa shape index (κ3) is 3.44. The number of aromatic nitrogens is 1. The molecule has 5 nitrogen and oxygen atoms in total. The molecule has 1 saturated heterocycles. The van der Waals surface area contributed by atoms with Crippen LogP contribution in [0.2, 0.25) is 5.02 Å². The second kappa shape index (κ2) is 6.87. The number of hydrogen-bond donors (Lipinski definition) is 2. The molecule has 2 heterocycles. The van der Waals surface area contributed by atoms with Crippen LogP contribution in [0.3, 0.4) is 0 Å². The van der Waals surface area contributed by atoms with Gasteiger partial charge in [-0.15, -0.1) is 0 Å². The fourth-order valence-corrected chi connectivity index (χ4v) is 2.49.